The second-order valence-corrected chi connectivity index (χ2v) is 6.52. The molecule has 1 heterocycles. The van der Waals surface area contributed by atoms with Crippen LogP contribution in [0.3, 0.4) is 0 Å². The molecule has 1 saturated carbocycles. The molecule has 1 atom stereocenters. The van der Waals surface area contributed by atoms with E-state index in [1.807, 2.05) is 0 Å². The molecule has 2 N–H and O–H groups in total. The molecule has 1 aromatic carbocycles. The van der Waals surface area contributed by atoms with Crippen LogP contribution in [0.5, 0.6) is 0 Å². The second kappa shape index (κ2) is 5.06. The van der Waals surface area contributed by atoms with Gasteiger partial charge in [0.25, 0.3) is 0 Å². The van der Waals surface area contributed by atoms with Crippen molar-refractivity contribution in [1.82, 2.24) is 4.98 Å². The normalized spacial score (nSPS) is 16.6. The Hall–Kier alpha value is -1.19. The summed E-state index contributed by atoms with van der Waals surface area (Å²) >= 11 is 1.75. The van der Waals surface area contributed by atoms with E-state index in [1.54, 1.807) is 11.3 Å². The Labute approximate surface area is 118 Å². The van der Waals surface area contributed by atoms with E-state index < -0.39 is 0 Å². The van der Waals surface area contributed by atoms with Crippen LogP contribution in [0.4, 0.5) is 0 Å². The molecule has 2 nitrogen and oxygen atoms in total. The molecule has 0 aliphatic heterocycles. The molecule has 1 aliphatic carbocycles. The Morgan fingerprint density at radius 3 is 2.74 bits per heavy atom. The van der Waals surface area contributed by atoms with Crippen LogP contribution in [0, 0.1) is 6.92 Å². The van der Waals surface area contributed by atoms with Gasteiger partial charge in [0.1, 0.15) is 5.01 Å². The fourth-order valence-electron chi connectivity index (χ4n) is 2.60. The zero-order valence-electron chi connectivity index (χ0n) is 11.5. The van der Waals surface area contributed by atoms with Crippen LogP contribution in [0.25, 0.3) is 0 Å². The van der Waals surface area contributed by atoms with Gasteiger partial charge in [-0.3, -0.25) is 0 Å². The van der Waals surface area contributed by atoms with Crippen molar-refractivity contribution in [2.75, 3.05) is 0 Å². The lowest BCUT2D eigenvalue weighted by molar-refractivity contribution is 0.825. The third kappa shape index (κ3) is 2.45. The average Bonchev–Trinajstić information content (AvgIpc) is 3.21. The largest absolute Gasteiger partial charge is 0.318 e. The van der Waals surface area contributed by atoms with Gasteiger partial charge >= 0.3 is 0 Å². The summed E-state index contributed by atoms with van der Waals surface area (Å²) in [6.07, 6.45) is 3.60. The first kappa shape index (κ1) is 12.8. The Bertz CT molecular complexity index is 584. The molecule has 1 fully saturated rings. The number of nitrogens with zero attached hydrogens (tertiary/aromatic N) is 1. The standard InChI is InChI=1S/C16H20N2S/c1-3-14-10(2)19-16(18-14)15(17)13-7-5-4-6-12(13)11-8-9-11/h4-7,11,15H,3,8-9,17H2,1-2H3. The van der Waals surface area contributed by atoms with E-state index in [9.17, 15) is 0 Å². The smallest absolute Gasteiger partial charge is 0.114 e. The maximum atomic E-state index is 6.47. The molecule has 0 spiro atoms. The van der Waals surface area contributed by atoms with Gasteiger partial charge in [-0.1, -0.05) is 31.2 Å². The topological polar surface area (TPSA) is 38.9 Å². The first-order valence-corrected chi connectivity index (χ1v) is 7.83. The van der Waals surface area contributed by atoms with Gasteiger partial charge in [-0.25, -0.2) is 4.98 Å². The van der Waals surface area contributed by atoms with Crippen LogP contribution in [0.15, 0.2) is 24.3 Å². The molecule has 1 aromatic heterocycles. The number of benzene rings is 1. The lowest BCUT2D eigenvalue weighted by Crippen LogP contribution is -2.13. The molecule has 19 heavy (non-hydrogen) atoms. The van der Waals surface area contributed by atoms with Crippen molar-refractivity contribution in [2.45, 2.75) is 45.1 Å². The number of hydrogen-bond donors (Lipinski definition) is 1. The van der Waals surface area contributed by atoms with Gasteiger partial charge in [-0.15, -0.1) is 11.3 Å². The highest BCUT2D eigenvalue weighted by Gasteiger charge is 2.28. The maximum Gasteiger partial charge on any atom is 0.114 e. The van der Waals surface area contributed by atoms with Crippen LogP contribution in [-0.4, -0.2) is 4.98 Å². The third-order valence-corrected chi connectivity index (χ3v) is 4.95. The maximum absolute atomic E-state index is 6.47. The van der Waals surface area contributed by atoms with Crippen molar-refractivity contribution in [1.29, 1.82) is 0 Å². The monoisotopic (exact) mass is 272 g/mol. The Balaban J connectivity index is 1.96. The van der Waals surface area contributed by atoms with Gasteiger partial charge in [0.15, 0.2) is 0 Å². The highest BCUT2D eigenvalue weighted by molar-refractivity contribution is 7.11. The van der Waals surface area contributed by atoms with Crippen molar-refractivity contribution in [3.05, 3.63) is 51.0 Å². The summed E-state index contributed by atoms with van der Waals surface area (Å²) in [5.74, 6) is 0.731. The molecule has 0 saturated heterocycles. The second-order valence-electron chi connectivity index (χ2n) is 5.29. The summed E-state index contributed by atoms with van der Waals surface area (Å²) in [6, 6.07) is 8.53. The molecule has 100 valence electrons. The van der Waals surface area contributed by atoms with Gasteiger partial charge in [-0.2, -0.15) is 0 Å². The van der Waals surface area contributed by atoms with Gasteiger partial charge in [-0.05, 0) is 43.2 Å². The zero-order chi connectivity index (χ0) is 13.4. The lowest BCUT2D eigenvalue weighted by Gasteiger charge is -2.14. The minimum absolute atomic E-state index is 0.0687. The molecule has 0 bridgehead atoms. The molecule has 3 rings (SSSR count). The minimum atomic E-state index is -0.0687. The van der Waals surface area contributed by atoms with Crippen LogP contribution in [0.1, 0.15) is 58.4 Å². The van der Waals surface area contributed by atoms with Crippen molar-refractivity contribution in [3.8, 4) is 0 Å². The molecular formula is C16H20N2S. The number of aromatic nitrogens is 1. The van der Waals surface area contributed by atoms with Gasteiger partial charge in [0.05, 0.1) is 11.7 Å². The van der Waals surface area contributed by atoms with E-state index in [0.29, 0.717) is 0 Å². The van der Waals surface area contributed by atoms with Crippen LogP contribution in [0.2, 0.25) is 0 Å². The number of aryl methyl sites for hydroxylation is 2. The van der Waals surface area contributed by atoms with E-state index in [-0.39, 0.29) is 6.04 Å². The summed E-state index contributed by atoms with van der Waals surface area (Å²) in [7, 11) is 0. The van der Waals surface area contributed by atoms with E-state index in [0.717, 1.165) is 17.3 Å². The molecule has 1 aliphatic rings. The first-order chi connectivity index (χ1) is 9.20. The van der Waals surface area contributed by atoms with Crippen LogP contribution in [-0.2, 0) is 6.42 Å². The summed E-state index contributed by atoms with van der Waals surface area (Å²) in [5, 5.41) is 1.06. The number of hydrogen-bond acceptors (Lipinski definition) is 3. The van der Waals surface area contributed by atoms with E-state index in [2.05, 4.69) is 38.1 Å². The van der Waals surface area contributed by atoms with Gasteiger partial charge in [0, 0.05) is 4.88 Å². The predicted octanol–water partition coefficient (Wildman–Crippen LogP) is 3.94. The van der Waals surface area contributed by atoms with Gasteiger partial charge in [0.2, 0.25) is 0 Å². The SMILES string of the molecule is CCc1nc(C(N)c2ccccc2C2CC2)sc1C. The lowest BCUT2D eigenvalue weighted by atomic mass is 9.98. The fraction of sp³-hybridized carbons (Fsp3) is 0.438. The highest BCUT2D eigenvalue weighted by atomic mass is 32.1. The zero-order valence-corrected chi connectivity index (χ0v) is 12.3. The Kier molecular flexibility index (Phi) is 3.42. The first-order valence-electron chi connectivity index (χ1n) is 7.01. The number of thiazole rings is 1. The molecule has 1 unspecified atom stereocenters. The third-order valence-electron chi connectivity index (χ3n) is 3.86. The summed E-state index contributed by atoms with van der Waals surface area (Å²) in [5.41, 5.74) is 10.4. The molecule has 0 radical (unpaired) electrons. The predicted molar refractivity (Wildman–Crippen MR) is 80.7 cm³/mol. The number of nitrogens with two attached hydrogens (primary N) is 1. The quantitative estimate of drug-likeness (QED) is 0.915. The molecular weight excluding hydrogens is 252 g/mol. The van der Waals surface area contributed by atoms with Crippen LogP contribution < -0.4 is 5.73 Å². The van der Waals surface area contributed by atoms with E-state index in [1.165, 1.54) is 34.5 Å². The average molecular weight is 272 g/mol. The summed E-state index contributed by atoms with van der Waals surface area (Å²) in [6.45, 7) is 4.29. The Morgan fingerprint density at radius 1 is 1.37 bits per heavy atom. The van der Waals surface area contributed by atoms with Crippen LogP contribution >= 0.6 is 11.3 Å². The minimum Gasteiger partial charge on any atom is -0.318 e. The summed E-state index contributed by atoms with van der Waals surface area (Å²) in [4.78, 5) is 6.02. The van der Waals surface area contributed by atoms with Crippen molar-refractivity contribution < 1.29 is 0 Å². The van der Waals surface area contributed by atoms with E-state index >= 15 is 0 Å². The van der Waals surface area contributed by atoms with E-state index in [4.69, 9.17) is 10.7 Å². The number of rotatable bonds is 4. The van der Waals surface area contributed by atoms with Crippen molar-refractivity contribution in [3.63, 3.8) is 0 Å². The molecule has 3 heteroatoms. The highest BCUT2D eigenvalue weighted by Crippen LogP contribution is 2.43. The van der Waals surface area contributed by atoms with Crippen molar-refractivity contribution in [2.24, 2.45) is 5.73 Å². The summed E-state index contributed by atoms with van der Waals surface area (Å²) < 4.78 is 0. The Morgan fingerprint density at radius 2 is 2.11 bits per heavy atom. The molecule has 0 amide bonds. The van der Waals surface area contributed by atoms with Gasteiger partial charge < -0.3 is 5.73 Å². The molecule has 2 aromatic rings. The van der Waals surface area contributed by atoms with Crippen molar-refractivity contribution >= 4 is 11.3 Å². The fourth-order valence-corrected chi connectivity index (χ4v) is 3.64.